The minimum atomic E-state index is -0.125. The first-order valence-corrected chi connectivity index (χ1v) is 5.36. The molecule has 3 N–H and O–H groups in total. The van der Waals surface area contributed by atoms with E-state index in [1.807, 2.05) is 12.1 Å². The van der Waals surface area contributed by atoms with Gasteiger partial charge in [0.15, 0.2) is 0 Å². The van der Waals surface area contributed by atoms with Crippen LogP contribution in [-0.2, 0) is 6.54 Å². The van der Waals surface area contributed by atoms with Crippen molar-refractivity contribution in [1.82, 2.24) is 0 Å². The van der Waals surface area contributed by atoms with Crippen molar-refractivity contribution in [3.8, 4) is 0 Å². The van der Waals surface area contributed by atoms with Gasteiger partial charge in [-0.1, -0.05) is 24.3 Å². The predicted molar refractivity (Wildman–Crippen MR) is 67.6 cm³/mol. The highest BCUT2D eigenvalue weighted by Crippen LogP contribution is 2.09. The van der Waals surface area contributed by atoms with Gasteiger partial charge in [-0.05, 0) is 35.9 Å². The van der Waals surface area contributed by atoms with Crippen molar-refractivity contribution in [3.05, 3.63) is 65.7 Å². The topological polar surface area (TPSA) is 55.1 Å². The highest BCUT2D eigenvalue weighted by molar-refractivity contribution is 6.04. The zero-order valence-corrected chi connectivity index (χ0v) is 9.31. The summed E-state index contributed by atoms with van der Waals surface area (Å²) in [6.45, 7) is 0.483. The number of carbonyl (C=O) groups is 1. The van der Waals surface area contributed by atoms with Crippen molar-refractivity contribution < 1.29 is 4.79 Å². The van der Waals surface area contributed by atoms with Gasteiger partial charge in [0.2, 0.25) is 0 Å². The van der Waals surface area contributed by atoms with Crippen molar-refractivity contribution in [2.45, 2.75) is 6.54 Å². The van der Waals surface area contributed by atoms with Gasteiger partial charge in [0.05, 0.1) is 0 Å². The molecule has 0 atom stereocenters. The summed E-state index contributed by atoms with van der Waals surface area (Å²) in [5, 5.41) is 2.81. The largest absolute Gasteiger partial charge is 0.326 e. The molecule has 0 fully saturated rings. The first-order chi connectivity index (χ1) is 8.29. The van der Waals surface area contributed by atoms with Crippen molar-refractivity contribution >= 4 is 11.6 Å². The predicted octanol–water partition coefficient (Wildman–Crippen LogP) is 2.20. The summed E-state index contributed by atoms with van der Waals surface area (Å²) in [7, 11) is 0. The molecular weight excluding hydrogens is 212 g/mol. The van der Waals surface area contributed by atoms with Gasteiger partial charge in [-0.15, -0.1) is 0 Å². The fraction of sp³-hybridized carbons (Fsp3) is 0.0714. The third kappa shape index (κ3) is 2.92. The molecule has 0 bridgehead atoms. The van der Waals surface area contributed by atoms with E-state index in [0.29, 0.717) is 12.1 Å². The average Bonchev–Trinajstić information content (AvgIpc) is 2.40. The first-order valence-electron chi connectivity index (χ1n) is 5.36. The molecule has 85 valence electrons. The minimum absolute atomic E-state index is 0.125. The monoisotopic (exact) mass is 225 g/mol. The molecular formula is C14H13N2O. The molecule has 0 unspecified atom stereocenters. The van der Waals surface area contributed by atoms with Gasteiger partial charge in [-0.25, -0.2) is 0 Å². The SMILES string of the molecule is NCc1ccc(C(=O)Nc2cc[c]cc2)cc1. The first kappa shape index (κ1) is 11.4. The van der Waals surface area contributed by atoms with Crippen LogP contribution in [-0.4, -0.2) is 5.91 Å². The Kier molecular flexibility index (Phi) is 3.52. The summed E-state index contributed by atoms with van der Waals surface area (Å²) in [4.78, 5) is 11.9. The highest BCUT2D eigenvalue weighted by Gasteiger charge is 2.04. The number of anilines is 1. The Morgan fingerprint density at radius 3 is 2.35 bits per heavy atom. The lowest BCUT2D eigenvalue weighted by atomic mass is 10.1. The van der Waals surface area contributed by atoms with Crippen LogP contribution in [0, 0.1) is 6.07 Å². The van der Waals surface area contributed by atoms with Crippen LogP contribution >= 0.6 is 0 Å². The second-order valence-electron chi connectivity index (χ2n) is 3.64. The number of amides is 1. The molecule has 0 aliphatic rings. The Morgan fingerprint density at radius 1 is 1.12 bits per heavy atom. The van der Waals surface area contributed by atoms with E-state index in [4.69, 9.17) is 5.73 Å². The molecule has 0 heterocycles. The molecule has 17 heavy (non-hydrogen) atoms. The number of hydrogen-bond acceptors (Lipinski definition) is 2. The Bertz CT molecular complexity index is 491. The maximum absolute atomic E-state index is 11.9. The maximum atomic E-state index is 11.9. The van der Waals surface area contributed by atoms with Gasteiger partial charge >= 0.3 is 0 Å². The summed E-state index contributed by atoms with van der Waals surface area (Å²) in [6.07, 6.45) is 0. The van der Waals surface area contributed by atoms with E-state index in [1.54, 1.807) is 36.4 Å². The normalized spacial score (nSPS) is 9.94. The maximum Gasteiger partial charge on any atom is 0.255 e. The Labute approximate surface area is 100 Å². The van der Waals surface area contributed by atoms with Gasteiger partial charge in [-0.2, -0.15) is 0 Å². The molecule has 0 saturated heterocycles. The van der Waals surface area contributed by atoms with Crippen LogP contribution in [0.4, 0.5) is 5.69 Å². The fourth-order valence-corrected chi connectivity index (χ4v) is 1.47. The summed E-state index contributed by atoms with van der Waals surface area (Å²) in [5.74, 6) is -0.125. The van der Waals surface area contributed by atoms with E-state index in [1.165, 1.54) is 0 Å². The van der Waals surface area contributed by atoms with Crippen molar-refractivity contribution in [2.24, 2.45) is 5.73 Å². The van der Waals surface area contributed by atoms with E-state index in [0.717, 1.165) is 11.3 Å². The van der Waals surface area contributed by atoms with E-state index in [2.05, 4.69) is 11.4 Å². The third-order valence-electron chi connectivity index (χ3n) is 2.43. The number of hydrogen-bond donors (Lipinski definition) is 2. The third-order valence-corrected chi connectivity index (χ3v) is 2.43. The van der Waals surface area contributed by atoms with Gasteiger partial charge in [0, 0.05) is 17.8 Å². The molecule has 0 aromatic heterocycles. The molecule has 0 spiro atoms. The molecule has 3 heteroatoms. The summed E-state index contributed by atoms with van der Waals surface area (Å²) in [5.41, 5.74) is 7.89. The van der Waals surface area contributed by atoms with Crippen LogP contribution in [0.15, 0.2) is 48.5 Å². The van der Waals surface area contributed by atoms with Gasteiger partial charge in [-0.3, -0.25) is 4.79 Å². The molecule has 2 aromatic rings. The molecule has 1 radical (unpaired) electrons. The van der Waals surface area contributed by atoms with Gasteiger partial charge in [0.25, 0.3) is 5.91 Å². The Morgan fingerprint density at radius 2 is 1.76 bits per heavy atom. The molecule has 2 rings (SSSR count). The molecule has 1 amide bonds. The van der Waals surface area contributed by atoms with Gasteiger partial charge < -0.3 is 11.1 Å². The molecule has 0 aliphatic carbocycles. The van der Waals surface area contributed by atoms with E-state index >= 15 is 0 Å². The number of rotatable bonds is 3. The molecule has 3 nitrogen and oxygen atoms in total. The van der Waals surface area contributed by atoms with Crippen LogP contribution in [0.1, 0.15) is 15.9 Å². The number of nitrogens with two attached hydrogens (primary N) is 1. The lowest BCUT2D eigenvalue weighted by Crippen LogP contribution is -2.11. The van der Waals surface area contributed by atoms with E-state index in [-0.39, 0.29) is 5.91 Å². The van der Waals surface area contributed by atoms with Crippen LogP contribution < -0.4 is 11.1 Å². The molecule has 0 saturated carbocycles. The van der Waals surface area contributed by atoms with Gasteiger partial charge in [0.1, 0.15) is 0 Å². The number of nitrogens with one attached hydrogen (secondary N) is 1. The lowest BCUT2D eigenvalue weighted by molar-refractivity contribution is 0.102. The quantitative estimate of drug-likeness (QED) is 0.841. The second-order valence-corrected chi connectivity index (χ2v) is 3.64. The summed E-state index contributed by atoms with van der Waals surface area (Å²) < 4.78 is 0. The minimum Gasteiger partial charge on any atom is -0.326 e. The average molecular weight is 225 g/mol. The fourth-order valence-electron chi connectivity index (χ4n) is 1.47. The van der Waals surface area contributed by atoms with E-state index < -0.39 is 0 Å². The number of benzene rings is 2. The Hall–Kier alpha value is -2.13. The van der Waals surface area contributed by atoms with Crippen LogP contribution in [0.2, 0.25) is 0 Å². The number of carbonyl (C=O) groups excluding carboxylic acids is 1. The van der Waals surface area contributed by atoms with Crippen molar-refractivity contribution in [1.29, 1.82) is 0 Å². The van der Waals surface area contributed by atoms with E-state index in [9.17, 15) is 4.79 Å². The highest BCUT2D eigenvalue weighted by atomic mass is 16.1. The lowest BCUT2D eigenvalue weighted by Gasteiger charge is -2.05. The zero-order valence-electron chi connectivity index (χ0n) is 9.31. The van der Waals surface area contributed by atoms with Crippen LogP contribution in [0.3, 0.4) is 0 Å². The second kappa shape index (κ2) is 5.27. The smallest absolute Gasteiger partial charge is 0.255 e. The van der Waals surface area contributed by atoms with Crippen molar-refractivity contribution in [3.63, 3.8) is 0 Å². The summed E-state index contributed by atoms with van der Waals surface area (Å²) >= 11 is 0. The molecule has 2 aromatic carbocycles. The van der Waals surface area contributed by atoms with Crippen molar-refractivity contribution in [2.75, 3.05) is 5.32 Å². The van der Waals surface area contributed by atoms with Crippen LogP contribution in [0.25, 0.3) is 0 Å². The van der Waals surface area contributed by atoms with Crippen LogP contribution in [0.5, 0.6) is 0 Å². The Balaban J connectivity index is 2.09. The molecule has 0 aliphatic heterocycles. The summed E-state index contributed by atoms with van der Waals surface area (Å²) in [6, 6.07) is 17.3. The standard InChI is InChI=1S/C14H13N2O/c15-10-11-6-8-12(9-7-11)14(17)16-13-4-2-1-3-5-13/h2-9H,10,15H2,(H,16,17). The zero-order chi connectivity index (χ0) is 12.1.